The molecule has 2 atom stereocenters. The molecule has 0 radical (unpaired) electrons. The minimum absolute atomic E-state index is 0.253. The van der Waals surface area contributed by atoms with Gasteiger partial charge in [0.2, 0.25) is 0 Å². The predicted octanol–water partition coefficient (Wildman–Crippen LogP) is 1.35. The van der Waals surface area contributed by atoms with E-state index in [-0.39, 0.29) is 18.6 Å². The zero-order valence-corrected chi connectivity index (χ0v) is 12.5. The molecule has 6 nitrogen and oxygen atoms in total. The summed E-state index contributed by atoms with van der Waals surface area (Å²) in [6.07, 6.45) is 0.0468. The highest BCUT2D eigenvalue weighted by atomic mass is 79.9. The lowest BCUT2D eigenvalue weighted by Gasteiger charge is -2.21. The Kier molecular flexibility index (Phi) is 4.29. The molecule has 3 N–H and O–H groups in total. The number of nitrogens with zero attached hydrogens (tertiary/aromatic N) is 1. The minimum Gasteiger partial charge on any atom is -0.480 e. The largest absolute Gasteiger partial charge is 0.480 e. The molecule has 0 aromatic heterocycles. The number of carbonyl (C=O) groups excluding carboxylic acids is 1. The molecule has 108 valence electrons. The van der Waals surface area contributed by atoms with Crippen LogP contribution in [-0.2, 0) is 9.53 Å². The summed E-state index contributed by atoms with van der Waals surface area (Å²) in [6, 6.07) is 3.93. The maximum atomic E-state index is 12.4. The van der Waals surface area contributed by atoms with Crippen molar-refractivity contribution in [3.63, 3.8) is 0 Å². The van der Waals surface area contributed by atoms with E-state index in [9.17, 15) is 14.7 Å². The molecule has 0 saturated carbocycles. The number of anilines is 1. The van der Waals surface area contributed by atoms with Crippen molar-refractivity contribution in [1.82, 2.24) is 4.90 Å². The Balaban J connectivity index is 2.26. The van der Waals surface area contributed by atoms with Crippen molar-refractivity contribution in [3.05, 3.63) is 28.2 Å². The Morgan fingerprint density at radius 3 is 2.75 bits per heavy atom. The van der Waals surface area contributed by atoms with Crippen LogP contribution >= 0.6 is 15.9 Å². The van der Waals surface area contributed by atoms with Gasteiger partial charge in [-0.15, -0.1) is 0 Å². The van der Waals surface area contributed by atoms with Crippen molar-refractivity contribution >= 4 is 33.5 Å². The van der Waals surface area contributed by atoms with Crippen LogP contribution in [0.2, 0.25) is 0 Å². The third-order valence-corrected chi connectivity index (χ3v) is 4.08. The first-order valence-electron chi connectivity index (χ1n) is 6.05. The van der Waals surface area contributed by atoms with Crippen molar-refractivity contribution in [3.8, 4) is 0 Å². The maximum absolute atomic E-state index is 12.4. The summed E-state index contributed by atoms with van der Waals surface area (Å²) >= 11 is 3.26. The van der Waals surface area contributed by atoms with Gasteiger partial charge in [0.05, 0.1) is 6.10 Å². The molecule has 1 amide bonds. The first-order chi connectivity index (χ1) is 9.43. The molecule has 0 aliphatic carbocycles. The third-order valence-electron chi connectivity index (χ3n) is 3.39. The Morgan fingerprint density at radius 1 is 1.50 bits per heavy atom. The van der Waals surface area contributed by atoms with Gasteiger partial charge in [0.15, 0.2) is 0 Å². The molecule has 1 aromatic rings. The fourth-order valence-electron chi connectivity index (χ4n) is 2.25. The van der Waals surface area contributed by atoms with Gasteiger partial charge < -0.3 is 20.5 Å². The number of methoxy groups -OCH3 is 1. The van der Waals surface area contributed by atoms with Crippen molar-refractivity contribution in [2.75, 3.05) is 19.4 Å². The van der Waals surface area contributed by atoms with Crippen LogP contribution in [0.1, 0.15) is 16.8 Å². The molecule has 2 rings (SSSR count). The van der Waals surface area contributed by atoms with E-state index in [1.54, 1.807) is 18.2 Å². The van der Waals surface area contributed by atoms with E-state index in [0.29, 0.717) is 22.1 Å². The molecule has 20 heavy (non-hydrogen) atoms. The number of halogens is 1. The molecule has 0 bridgehead atoms. The average molecular weight is 343 g/mol. The average Bonchev–Trinajstić information content (AvgIpc) is 2.85. The molecule has 1 aliphatic rings. The zero-order chi connectivity index (χ0) is 14.9. The zero-order valence-electron chi connectivity index (χ0n) is 10.9. The molecule has 1 heterocycles. The van der Waals surface area contributed by atoms with E-state index >= 15 is 0 Å². The Bertz CT molecular complexity index is 549. The van der Waals surface area contributed by atoms with Gasteiger partial charge in [-0.25, -0.2) is 4.79 Å². The highest BCUT2D eigenvalue weighted by Gasteiger charge is 2.40. The predicted molar refractivity (Wildman–Crippen MR) is 76.4 cm³/mol. The number of nitrogens with two attached hydrogens (primary N) is 1. The molecule has 2 unspecified atom stereocenters. The summed E-state index contributed by atoms with van der Waals surface area (Å²) in [5.74, 6) is -1.36. The van der Waals surface area contributed by atoms with E-state index in [1.165, 1.54) is 12.0 Å². The lowest BCUT2D eigenvalue weighted by Crippen LogP contribution is -2.40. The van der Waals surface area contributed by atoms with E-state index < -0.39 is 12.0 Å². The van der Waals surface area contributed by atoms with Gasteiger partial charge in [0, 0.05) is 35.8 Å². The van der Waals surface area contributed by atoms with Gasteiger partial charge in [0.1, 0.15) is 6.04 Å². The summed E-state index contributed by atoms with van der Waals surface area (Å²) in [5.41, 5.74) is 6.59. The SMILES string of the molecule is COC1CC(C(=O)O)N(C(=O)c2ccc(N)c(Br)c2)C1. The lowest BCUT2D eigenvalue weighted by atomic mass is 10.1. The first-order valence-corrected chi connectivity index (χ1v) is 6.85. The smallest absolute Gasteiger partial charge is 0.326 e. The number of carboxylic acid groups (broad SMARTS) is 1. The van der Waals surface area contributed by atoms with E-state index in [0.717, 1.165) is 0 Å². The third kappa shape index (κ3) is 2.78. The summed E-state index contributed by atoms with van der Waals surface area (Å²) in [4.78, 5) is 25.0. The number of likely N-dealkylation sites (tertiary alicyclic amines) is 1. The van der Waals surface area contributed by atoms with Crippen LogP contribution in [0.15, 0.2) is 22.7 Å². The Labute approximate surface area is 124 Å². The summed E-state index contributed by atoms with van der Waals surface area (Å²) in [5, 5.41) is 9.21. The van der Waals surface area contributed by atoms with Crippen molar-refractivity contribution in [2.24, 2.45) is 0 Å². The number of benzene rings is 1. The van der Waals surface area contributed by atoms with Crippen molar-refractivity contribution < 1.29 is 19.4 Å². The standard InChI is InChI=1S/C13H15BrN2O4/c1-20-8-5-11(13(18)19)16(6-8)12(17)7-2-3-10(15)9(14)4-7/h2-4,8,11H,5-6,15H2,1H3,(H,18,19). The van der Waals surface area contributed by atoms with Crippen LogP contribution in [0.3, 0.4) is 0 Å². The van der Waals surface area contributed by atoms with Gasteiger partial charge in [-0.2, -0.15) is 0 Å². The van der Waals surface area contributed by atoms with E-state index in [2.05, 4.69) is 15.9 Å². The van der Waals surface area contributed by atoms with Gasteiger partial charge >= 0.3 is 5.97 Å². The highest BCUT2D eigenvalue weighted by molar-refractivity contribution is 9.10. The number of aliphatic carboxylic acids is 1. The van der Waals surface area contributed by atoms with Crippen LogP contribution in [0.25, 0.3) is 0 Å². The molecular formula is C13H15BrN2O4. The summed E-state index contributed by atoms with van der Waals surface area (Å²) < 4.78 is 5.77. The van der Waals surface area contributed by atoms with Crippen molar-refractivity contribution in [2.45, 2.75) is 18.6 Å². The fraction of sp³-hybridized carbons (Fsp3) is 0.385. The Morgan fingerprint density at radius 2 is 2.20 bits per heavy atom. The fourth-order valence-corrected chi connectivity index (χ4v) is 2.63. The van der Waals surface area contributed by atoms with E-state index in [1.807, 2.05) is 0 Å². The van der Waals surface area contributed by atoms with Gasteiger partial charge in [-0.3, -0.25) is 4.79 Å². The minimum atomic E-state index is -1.02. The number of amides is 1. The second-order valence-corrected chi connectivity index (χ2v) is 5.50. The molecule has 1 aromatic carbocycles. The number of hydrogen-bond donors (Lipinski definition) is 2. The Hall–Kier alpha value is -1.60. The van der Waals surface area contributed by atoms with Crippen LogP contribution < -0.4 is 5.73 Å². The van der Waals surface area contributed by atoms with Crippen LogP contribution in [-0.4, -0.2) is 47.7 Å². The van der Waals surface area contributed by atoms with Gasteiger partial charge in [-0.05, 0) is 34.1 Å². The van der Waals surface area contributed by atoms with Gasteiger partial charge in [-0.1, -0.05) is 0 Å². The molecule has 7 heteroatoms. The maximum Gasteiger partial charge on any atom is 0.326 e. The van der Waals surface area contributed by atoms with Crippen molar-refractivity contribution in [1.29, 1.82) is 0 Å². The second kappa shape index (κ2) is 5.80. The van der Waals surface area contributed by atoms with E-state index in [4.69, 9.17) is 10.5 Å². The lowest BCUT2D eigenvalue weighted by molar-refractivity contribution is -0.141. The second-order valence-electron chi connectivity index (χ2n) is 4.64. The van der Waals surface area contributed by atoms with Crippen LogP contribution in [0.4, 0.5) is 5.69 Å². The monoisotopic (exact) mass is 342 g/mol. The molecule has 1 saturated heterocycles. The summed E-state index contributed by atoms with van der Waals surface area (Å²) in [7, 11) is 1.51. The number of rotatable bonds is 3. The number of carboxylic acids is 1. The number of carbonyl (C=O) groups is 2. The molecule has 0 spiro atoms. The molecular weight excluding hydrogens is 328 g/mol. The highest BCUT2D eigenvalue weighted by Crippen LogP contribution is 2.25. The summed E-state index contributed by atoms with van der Waals surface area (Å²) in [6.45, 7) is 0.272. The number of ether oxygens (including phenoxy) is 1. The number of hydrogen-bond acceptors (Lipinski definition) is 4. The van der Waals surface area contributed by atoms with Crippen LogP contribution in [0.5, 0.6) is 0 Å². The quantitative estimate of drug-likeness (QED) is 0.808. The normalized spacial score (nSPS) is 22.0. The topological polar surface area (TPSA) is 92.9 Å². The van der Waals surface area contributed by atoms with Crippen LogP contribution in [0, 0.1) is 0 Å². The molecule has 1 aliphatic heterocycles. The molecule has 1 fully saturated rings. The van der Waals surface area contributed by atoms with Gasteiger partial charge in [0.25, 0.3) is 5.91 Å². The first kappa shape index (κ1) is 14.8. The number of nitrogen functional groups attached to an aromatic ring is 1.